The number of carboxylic acid groups (broad SMARTS) is 1. The molecule has 3 N–H and O–H groups in total. The minimum atomic E-state index is -0.753. The number of hydrogen-bond donors (Lipinski definition) is 2. The first-order valence-corrected chi connectivity index (χ1v) is 11.7. The minimum Gasteiger partial charge on any atom is -0.481 e. The molecule has 0 bridgehead atoms. The van der Waals surface area contributed by atoms with Gasteiger partial charge in [0, 0.05) is 34.5 Å². The molecule has 0 saturated heterocycles. The van der Waals surface area contributed by atoms with Crippen LogP contribution in [0.4, 0.5) is 0 Å². The van der Waals surface area contributed by atoms with Crippen LogP contribution in [0.5, 0.6) is 0 Å². The lowest BCUT2D eigenvalue weighted by Crippen LogP contribution is -2.17. The molecule has 29 heavy (non-hydrogen) atoms. The van der Waals surface area contributed by atoms with E-state index in [1.54, 1.807) is 11.8 Å². The molecular weight excluding hydrogens is 384 g/mol. The summed E-state index contributed by atoms with van der Waals surface area (Å²) in [5.41, 5.74) is 9.08. The van der Waals surface area contributed by atoms with Gasteiger partial charge in [0.2, 0.25) is 5.91 Å². The molecule has 0 radical (unpaired) electrons. The van der Waals surface area contributed by atoms with Crippen LogP contribution in [0.25, 0.3) is 10.9 Å². The van der Waals surface area contributed by atoms with Crippen molar-refractivity contribution in [3.05, 3.63) is 29.5 Å². The van der Waals surface area contributed by atoms with Crippen molar-refractivity contribution in [2.75, 3.05) is 5.75 Å². The predicted molar refractivity (Wildman–Crippen MR) is 118 cm³/mol. The van der Waals surface area contributed by atoms with E-state index in [0.29, 0.717) is 12.3 Å². The van der Waals surface area contributed by atoms with Crippen molar-refractivity contribution in [2.24, 2.45) is 11.7 Å². The Bertz CT molecular complexity index is 869. The van der Waals surface area contributed by atoms with Gasteiger partial charge in [0.25, 0.3) is 0 Å². The summed E-state index contributed by atoms with van der Waals surface area (Å²) in [4.78, 5) is 23.6. The Balaban J connectivity index is 1.92. The molecule has 2 aromatic rings. The molecule has 1 aliphatic carbocycles. The molecule has 1 amide bonds. The second-order valence-electron chi connectivity index (χ2n) is 8.06. The molecule has 1 heterocycles. The van der Waals surface area contributed by atoms with Crippen LogP contribution in [-0.2, 0) is 29.0 Å². The van der Waals surface area contributed by atoms with E-state index in [0.717, 1.165) is 34.6 Å². The third-order valence-electron chi connectivity index (χ3n) is 5.91. The molecule has 3 rings (SSSR count). The largest absolute Gasteiger partial charge is 0.481 e. The molecule has 1 aliphatic rings. The Labute approximate surface area is 177 Å². The number of rotatable bonds is 10. The maximum atomic E-state index is 11.8. The van der Waals surface area contributed by atoms with Gasteiger partial charge in [0.1, 0.15) is 0 Å². The monoisotopic (exact) mass is 416 g/mol. The molecule has 5 nitrogen and oxygen atoms in total. The van der Waals surface area contributed by atoms with Crippen molar-refractivity contribution in [1.29, 1.82) is 0 Å². The number of hydrogen-bond acceptors (Lipinski definition) is 3. The van der Waals surface area contributed by atoms with Crippen molar-refractivity contribution >= 4 is 34.5 Å². The summed E-state index contributed by atoms with van der Waals surface area (Å²) in [5, 5.41) is 9.94. The summed E-state index contributed by atoms with van der Waals surface area (Å²) >= 11 is 1.67. The van der Waals surface area contributed by atoms with Crippen LogP contribution < -0.4 is 5.73 Å². The second-order valence-corrected chi connectivity index (χ2v) is 9.23. The second kappa shape index (κ2) is 10.2. The summed E-state index contributed by atoms with van der Waals surface area (Å²) in [5.74, 6) is 0.427. The summed E-state index contributed by atoms with van der Waals surface area (Å²) < 4.78 is 2.43. The van der Waals surface area contributed by atoms with Crippen LogP contribution in [0.15, 0.2) is 23.1 Å². The van der Waals surface area contributed by atoms with E-state index in [1.807, 2.05) is 0 Å². The number of carboxylic acids is 1. The molecule has 0 unspecified atom stereocenters. The van der Waals surface area contributed by atoms with Crippen LogP contribution in [0.1, 0.15) is 63.1 Å². The summed E-state index contributed by atoms with van der Waals surface area (Å²) in [6, 6.07) is 6.45. The first-order chi connectivity index (χ1) is 14.0. The Morgan fingerprint density at radius 2 is 2.00 bits per heavy atom. The molecule has 1 aromatic carbocycles. The van der Waals surface area contributed by atoms with Crippen molar-refractivity contribution in [3.8, 4) is 0 Å². The molecule has 0 aliphatic heterocycles. The average Bonchev–Trinajstić information content (AvgIpc) is 2.97. The lowest BCUT2D eigenvalue weighted by Gasteiger charge is -2.24. The van der Waals surface area contributed by atoms with Gasteiger partial charge in [-0.05, 0) is 61.1 Å². The van der Waals surface area contributed by atoms with Crippen LogP contribution in [0.2, 0.25) is 0 Å². The molecule has 1 saturated carbocycles. The molecule has 6 heteroatoms. The van der Waals surface area contributed by atoms with E-state index in [2.05, 4.69) is 29.7 Å². The fourth-order valence-electron chi connectivity index (χ4n) is 4.57. The third-order valence-corrected chi connectivity index (χ3v) is 6.99. The highest BCUT2D eigenvalue weighted by Crippen LogP contribution is 2.34. The number of primary amides is 1. The normalized spacial score (nSPS) is 15.1. The number of fused-ring (bicyclic) bond motifs is 1. The van der Waals surface area contributed by atoms with Gasteiger partial charge in [-0.2, -0.15) is 0 Å². The molecule has 158 valence electrons. The van der Waals surface area contributed by atoms with E-state index in [-0.39, 0.29) is 18.7 Å². The number of benzene rings is 1. The van der Waals surface area contributed by atoms with Crippen LogP contribution in [0.3, 0.4) is 0 Å². The lowest BCUT2D eigenvalue weighted by atomic mass is 9.89. The van der Waals surface area contributed by atoms with E-state index in [4.69, 9.17) is 10.8 Å². The lowest BCUT2D eigenvalue weighted by molar-refractivity contribution is -0.137. The van der Waals surface area contributed by atoms with E-state index in [9.17, 15) is 9.59 Å². The summed E-state index contributed by atoms with van der Waals surface area (Å²) in [6.45, 7) is 3.17. The highest BCUT2D eigenvalue weighted by atomic mass is 32.2. The van der Waals surface area contributed by atoms with Gasteiger partial charge in [-0.15, -0.1) is 11.8 Å². The predicted octanol–water partition coefficient (Wildman–Crippen LogP) is 4.77. The van der Waals surface area contributed by atoms with E-state index < -0.39 is 5.97 Å². The fraction of sp³-hybridized carbons (Fsp3) is 0.565. The first kappa shape index (κ1) is 21.8. The Kier molecular flexibility index (Phi) is 7.64. The Morgan fingerprint density at radius 1 is 1.24 bits per heavy atom. The topological polar surface area (TPSA) is 85.3 Å². The highest BCUT2D eigenvalue weighted by Gasteiger charge is 2.21. The number of aromatic nitrogens is 1. The van der Waals surface area contributed by atoms with Crippen molar-refractivity contribution < 1.29 is 14.7 Å². The van der Waals surface area contributed by atoms with Gasteiger partial charge < -0.3 is 15.4 Å². The number of aliphatic carboxylic acids is 1. The minimum absolute atomic E-state index is 0.194. The molecular formula is C23H32N2O3S. The Hall–Kier alpha value is -1.95. The highest BCUT2D eigenvalue weighted by molar-refractivity contribution is 7.99. The zero-order valence-electron chi connectivity index (χ0n) is 17.3. The Morgan fingerprint density at radius 3 is 2.66 bits per heavy atom. The summed E-state index contributed by atoms with van der Waals surface area (Å²) in [7, 11) is 0. The third kappa shape index (κ3) is 5.56. The molecule has 1 aromatic heterocycles. The van der Waals surface area contributed by atoms with Crippen molar-refractivity contribution in [1.82, 2.24) is 4.57 Å². The van der Waals surface area contributed by atoms with Gasteiger partial charge in [0.15, 0.2) is 0 Å². The van der Waals surface area contributed by atoms with Gasteiger partial charge in [-0.25, -0.2) is 0 Å². The van der Waals surface area contributed by atoms with Gasteiger partial charge in [0.05, 0.1) is 6.42 Å². The average molecular weight is 417 g/mol. The van der Waals surface area contributed by atoms with Gasteiger partial charge in [-0.3, -0.25) is 9.59 Å². The number of nitrogens with zero attached hydrogens (tertiary/aromatic N) is 1. The molecule has 0 atom stereocenters. The van der Waals surface area contributed by atoms with Crippen LogP contribution >= 0.6 is 11.8 Å². The SMILES string of the molecule is CCc1c(CC(N)=O)c2cc(SCCCC(=O)O)ccc2n1CC1CCCCC1. The molecule has 0 spiro atoms. The summed E-state index contributed by atoms with van der Waals surface area (Å²) in [6.07, 6.45) is 8.54. The fourth-order valence-corrected chi connectivity index (χ4v) is 5.46. The van der Waals surface area contributed by atoms with E-state index >= 15 is 0 Å². The number of amides is 1. The van der Waals surface area contributed by atoms with Gasteiger partial charge in [-0.1, -0.05) is 26.2 Å². The first-order valence-electron chi connectivity index (χ1n) is 10.8. The number of carbonyl (C=O) groups excluding carboxylic acids is 1. The van der Waals surface area contributed by atoms with Crippen LogP contribution in [-0.4, -0.2) is 27.3 Å². The number of carbonyl (C=O) groups is 2. The maximum absolute atomic E-state index is 11.8. The zero-order valence-corrected chi connectivity index (χ0v) is 18.1. The van der Waals surface area contributed by atoms with E-state index in [1.165, 1.54) is 43.3 Å². The van der Waals surface area contributed by atoms with Crippen molar-refractivity contribution in [3.63, 3.8) is 0 Å². The van der Waals surface area contributed by atoms with Crippen LogP contribution in [0, 0.1) is 5.92 Å². The number of thioether (sulfide) groups is 1. The quantitative estimate of drug-likeness (QED) is 0.432. The van der Waals surface area contributed by atoms with Gasteiger partial charge >= 0.3 is 5.97 Å². The molecule has 1 fully saturated rings. The smallest absolute Gasteiger partial charge is 0.303 e. The number of nitrogens with two attached hydrogens (primary N) is 1. The zero-order chi connectivity index (χ0) is 20.8. The van der Waals surface area contributed by atoms with Crippen molar-refractivity contribution in [2.45, 2.75) is 76.2 Å². The standard InChI is InChI=1S/C23H32N2O3S/c1-2-20-19(14-22(24)26)18-13-17(29-12-6-9-23(27)28)10-11-21(18)25(20)15-16-7-4-3-5-8-16/h10-11,13,16H,2-9,12,14-15H2,1H3,(H2,24,26)(H,27,28). The maximum Gasteiger partial charge on any atom is 0.303 e.